The first kappa shape index (κ1) is 24.1. The van der Waals surface area contributed by atoms with Crippen molar-refractivity contribution in [3.05, 3.63) is 90.0 Å². The summed E-state index contributed by atoms with van der Waals surface area (Å²) in [5, 5.41) is 2.73. The second-order valence-electron chi connectivity index (χ2n) is 7.03. The Morgan fingerprint density at radius 1 is 0.909 bits per heavy atom. The molecule has 0 bridgehead atoms. The van der Waals surface area contributed by atoms with Gasteiger partial charge in [0.15, 0.2) is 6.61 Å². The molecule has 0 aliphatic heterocycles. The second-order valence-corrected chi connectivity index (χ2v) is 8.71. The summed E-state index contributed by atoms with van der Waals surface area (Å²) >= 11 is 0. The maximum Gasteiger partial charge on any atom is 0.416 e. The maximum absolute atomic E-state index is 12.8. The quantitative estimate of drug-likeness (QED) is 0.482. The number of ether oxygens (including phenoxy) is 1. The van der Waals surface area contributed by atoms with E-state index in [4.69, 9.17) is 4.74 Å². The van der Waals surface area contributed by atoms with Crippen LogP contribution in [0.25, 0.3) is 0 Å². The van der Waals surface area contributed by atoms with Crippen molar-refractivity contribution < 1.29 is 31.1 Å². The largest absolute Gasteiger partial charge is 0.484 e. The summed E-state index contributed by atoms with van der Waals surface area (Å²) in [5.74, 6) is -0.0555. The third-order valence-corrected chi connectivity index (χ3v) is 5.92. The van der Waals surface area contributed by atoms with E-state index in [1.807, 2.05) is 30.3 Å². The van der Waals surface area contributed by atoms with E-state index in [1.54, 1.807) is 0 Å². The topological polar surface area (TPSA) is 84.5 Å². The van der Waals surface area contributed by atoms with Gasteiger partial charge in [-0.2, -0.15) is 13.2 Å². The minimum Gasteiger partial charge on any atom is -0.484 e. The SMILES string of the molecule is O=C(COc1ccc(S(=O)(=O)Nc2cccc(C(F)(F)F)c2)cc1)NCCc1ccccc1. The number of hydrogen-bond donors (Lipinski definition) is 2. The molecule has 0 aromatic heterocycles. The molecular formula is C23H21F3N2O4S. The van der Waals surface area contributed by atoms with Gasteiger partial charge in [0.2, 0.25) is 0 Å². The summed E-state index contributed by atoms with van der Waals surface area (Å²) in [6, 6.07) is 18.7. The van der Waals surface area contributed by atoms with E-state index in [2.05, 4.69) is 10.0 Å². The van der Waals surface area contributed by atoms with Crippen LogP contribution >= 0.6 is 0 Å². The lowest BCUT2D eigenvalue weighted by atomic mass is 10.1. The monoisotopic (exact) mass is 478 g/mol. The molecule has 3 aromatic rings. The Kier molecular flexibility index (Phi) is 7.59. The number of carbonyl (C=O) groups is 1. The zero-order valence-electron chi connectivity index (χ0n) is 17.3. The third kappa shape index (κ3) is 7.25. The molecule has 2 N–H and O–H groups in total. The van der Waals surface area contributed by atoms with Gasteiger partial charge in [0.25, 0.3) is 15.9 Å². The number of hydrogen-bond acceptors (Lipinski definition) is 4. The smallest absolute Gasteiger partial charge is 0.416 e. The lowest BCUT2D eigenvalue weighted by molar-refractivity contribution is -0.137. The van der Waals surface area contributed by atoms with Gasteiger partial charge in [-0.3, -0.25) is 9.52 Å². The predicted molar refractivity (Wildman–Crippen MR) is 117 cm³/mol. The van der Waals surface area contributed by atoms with E-state index in [1.165, 1.54) is 30.3 Å². The number of halogens is 3. The Labute approximate surface area is 189 Å². The number of sulfonamides is 1. The van der Waals surface area contributed by atoms with E-state index in [0.717, 1.165) is 17.7 Å². The highest BCUT2D eigenvalue weighted by atomic mass is 32.2. The highest BCUT2D eigenvalue weighted by Crippen LogP contribution is 2.31. The van der Waals surface area contributed by atoms with Crippen molar-refractivity contribution in [2.45, 2.75) is 17.5 Å². The molecule has 0 aliphatic carbocycles. The number of rotatable bonds is 9. The summed E-state index contributed by atoms with van der Waals surface area (Å²) in [4.78, 5) is 11.7. The van der Waals surface area contributed by atoms with Gasteiger partial charge in [-0.05, 0) is 54.4 Å². The zero-order valence-corrected chi connectivity index (χ0v) is 18.1. The van der Waals surface area contributed by atoms with Crippen LogP contribution in [-0.4, -0.2) is 27.5 Å². The van der Waals surface area contributed by atoms with E-state index < -0.39 is 21.8 Å². The number of alkyl halides is 3. The minimum atomic E-state index is -4.59. The molecule has 0 saturated carbocycles. The minimum absolute atomic E-state index is 0.167. The third-order valence-electron chi connectivity index (χ3n) is 4.52. The predicted octanol–water partition coefficient (Wildman–Crippen LogP) is 4.24. The van der Waals surface area contributed by atoms with Crippen molar-refractivity contribution in [3.8, 4) is 5.75 Å². The molecule has 1 amide bonds. The number of carbonyl (C=O) groups excluding carboxylic acids is 1. The highest BCUT2D eigenvalue weighted by molar-refractivity contribution is 7.92. The molecule has 10 heteroatoms. The average Bonchev–Trinajstić information content (AvgIpc) is 2.78. The molecule has 0 spiro atoms. The lowest BCUT2D eigenvalue weighted by Gasteiger charge is -2.12. The first-order valence-corrected chi connectivity index (χ1v) is 11.4. The molecule has 0 unspecified atom stereocenters. The van der Waals surface area contributed by atoms with Gasteiger partial charge in [-0.15, -0.1) is 0 Å². The molecule has 174 valence electrons. The molecule has 3 aromatic carbocycles. The van der Waals surface area contributed by atoms with Crippen molar-refractivity contribution in [2.75, 3.05) is 17.9 Å². The average molecular weight is 478 g/mol. The zero-order chi connectivity index (χ0) is 23.9. The maximum atomic E-state index is 12.8. The molecule has 3 rings (SSSR count). The van der Waals surface area contributed by atoms with E-state index in [0.29, 0.717) is 19.0 Å². The fourth-order valence-corrected chi connectivity index (χ4v) is 3.93. The van der Waals surface area contributed by atoms with Gasteiger partial charge >= 0.3 is 6.18 Å². The summed E-state index contributed by atoms with van der Waals surface area (Å²) in [6.07, 6.45) is -3.91. The molecule has 6 nitrogen and oxygen atoms in total. The van der Waals surface area contributed by atoms with Gasteiger partial charge in [0.05, 0.1) is 10.5 Å². The van der Waals surface area contributed by atoms with Crippen molar-refractivity contribution in [1.82, 2.24) is 5.32 Å². The van der Waals surface area contributed by atoms with Crippen molar-refractivity contribution >= 4 is 21.6 Å². The highest BCUT2D eigenvalue weighted by Gasteiger charge is 2.30. The first-order valence-electron chi connectivity index (χ1n) is 9.87. The van der Waals surface area contributed by atoms with Crippen LogP contribution in [-0.2, 0) is 27.4 Å². The fourth-order valence-electron chi connectivity index (χ4n) is 2.88. The lowest BCUT2D eigenvalue weighted by Crippen LogP contribution is -2.30. The van der Waals surface area contributed by atoms with Crippen LogP contribution in [0.3, 0.4) is 0 Å². The van der Waals surface area contributed by atoms with E-state index in [-0.39, 0.29) is 28.8 Å². The molecule has 0 heterocycles. The number of amides is 1. The molecular weight excluding hydrogens is 457 g/mol. The van der Waals surface area contributed by atoms with Gasteiger partial charge in [-0.1, -0.05) is 36.4 Å². The van der Waals surface area contributed by atoms with E-state index in [9.17, 15) is 26.4 Å². The summed E-state index contributed by atoms with van der Waals surface area (Å²) in [6.45, 7) is 0.202. The molecule has 0 fully saturated rings. The van der Waals surface area contributed by atoms with Crippen LogP contribution in [0.1, 0.15) is 11.1 Å². The van der Waals surface area contributed by atoms with Crippen molar-refractivity contribution in [3.63, 3.8) is 0 Å². The fraction of sp³-hybridized carbons (Fsp3) is 0.174. The normalized spacial score (nSPS) is 11.6. The van der Waals surface area contributed by atoms with Crippen LogP contribution in [0.4, 0.5) is 18.9 Å². The Bertz CT molecular complexity index is 1180. The second kappa shape index (κ2) is 10.4. The van der Waals surface area contributed by atoms with Gasteiger partial charge < -0.3 is 10.1 Å². The number of nitrogens with one attached hydrogen (secondary N) is 2. The number of benzene rings is 3. The van der Waals surface area contributed by atoms with Gasteiger partial charge in [-0.25, -0.2) is 8.42 Å². The molecule has 0 saturated heterocycles. The Morgan fingerprint density at radius 2 is 1.61 bits per heavy atom. The van der Waals surface area contributed by atoms with Crippen LogP contribution in [0, 0.1) is 0 Å². The summed E-state index contributed by atoms with van der Waals surface area (Å²) in [5.41, 5.74) is -0.0833. The first-order chi connectivity index (χ1) is 15.6. The Morgan fingerprint density at radius 3 is 2.27 bits per heavy atom. The van der Waals surface area contributed by atoms with Crippen LogP contribution in [0.15, 0.2) is 83.8 Å². The molecule has 0 aliphatic rings. The van der Waals surface area contributed by atoms with Crippen molar-refractivity contribution in [1.29, 1.82) is 0 Å². The van der Waals surface area contributed by atoms with Crippen LogP contribution < -0.4 is 14.8 Å². The summed E-state index contributed by atoms with van der Waals surface area (Å²) < 4.78 is 70.9. The summed E-state index contributed by atoms with van der Waals surface area (Å²) in [7, 11) is -4.11. The number of anilines is 1. The van der Waals surface area contributed by atoms with E-state index >= 15 is 0 Å². The Balaban J connectivity index is 1.52. The molecule has 0 radical (unpaired) electrons. The van der Waals surface area contributed by atoms with Crippen molar-refractivity contribution in [2.24, 2.45) is 0 Å². The van der Waals surface area contributed by atoms with Gasteiger partial charge in [0.1, 0.15) is 5.75 Å². The molecule has 0 atom stereocenters. The standard InChI is InChI=1S/C23H21F3N2O4S/c24-23(25,26)18-7-4-8-19(15-18)28-33(30,31)21-11-9-20(10-12-21)32-16-22(29)27-14-13-17-5-2-1-3-6-17/h1-12,15,28H,13-14,16H2,(H,27,29). The van der Waals surface area contributed by atoms with Crippen LogP contribution in [0.5, 0.6) is 5.75 Å². The Hall–Kier alpha value is -3.53. The van der Waals surface area contributed by atoms with Crippen LogP contribution in [0.2, 0.25) is 0 Å². The molecule has 33 heavy (non-hydrogen) atoms. The van der Waals surface area contributed by atoms with Gasteiger partial charge in [0, 0.05) is 12.2 Å².